The standard InChI is InChI=1S/C17H22ClNO2/c1-4-15(12(2)20)19-11-5-10-17(3,16(19)21)13-6-8-14(18)9-7-13/h6-9,15H,4-5,10-11H2,1-3H3/t15-,17?/m0/s1. The van der Waals surface area contributed by atoms with Gasteiger partial charge >= 0.3 is 0 Å². The molecule has 1 saturated heterocycles. The molecule has 1 aromatic carbocycles. The molecule has 1 aliphatic rings. The number of piperidine rings is 1. The molecule has 1 fully saturated rings. The first-order valence-electron chi connectivity index (χ1n) is 7.47. The summed E-state index contributed by atoms with van der Waals surface area (Å²) in [5, 5.41) is 0.664. The van der Waals surface area contributed by atoms with Crippen LogP contribution in [0.2, 0.25) is 5.02 Å². The Kier molecular flexibility index (Phi) is 4.72. The number of amides is 1. The second kappa shape index (κ2) is 6.18. The molecule has 1 unspecified atom stereocenters. The van der Waals surface area contributed by atoms with Crippen LogP contribution in [0.1, 0.15) is 45.6 Å². The van der Waals surface area contributed by atoms with E-state index in [0.717, 1.165) is 18.4 Å². The molecule has 0 aromatic heterocycles. The number of rotatable bonds is 4. The molecule has 114 valence electrons. The van der Waals surface area contributed by atoms with E-state index < -0.39 is 5.41 Å². The molecule has 1 amide bonds. The van der Waals surface area contributed by atoms with E-state index in [0.29, 0.717) is 18.0 Å². The second-order valence-corrected chi connectivity index (χ2v) is 6.41. The number of nitrogens with zero attached hydrogens (tertiary/aromatic N) is 1. The molecule has 1 heterocycles. The number of likely N-dealkylation sites (tertiary alicyclic amines) is 1. The average molecular weight is 308 g/mol. The monoisotopic (exact) mass is 307 g/mol. The van der Waals surface area contributed by atoms with Crippen LogP contribution >= 0.6 is 11.6 Å². The number of benzene rings is 1. The highest BCUT2D eigenvalue weighted by molar-refractivity contribution is 6.30. The fourth-order valence-electron chi connectivity index (χ4n) is 3.24. The molecule has 0 saturated carbocycles. The van der Waals surface area contributed by atoms with Gasteiger partial charge in [-0.05, 0) is 50.8 Å². The summed E-state index contributed by atoms with van der Waals surface area (Å²) in [7, 11) is 0. The predicted molar refractivity (Wildman–Crippen MR) is 84.5 cm³/mol. The zero-order valence-corrected chi connectivity index (χ0v) is 13.6. The van der Waals surface area contributed by atoms with Crippen LogP contribution in [0.3, 0.4) is 0 Å². The van der Waals surface area contributed by atoms with Crippen molar-refractivity contribution in [1.29, 1.82) is 0 Å². The van der Waals surface area contributed by atoms with E-state index in [1.165, 1.54) is 0 Å². The number of ketones is 1. The van der Waals surface area contributed by atoms with Gasteiger partial charge in [0.1, 0.15) is 0 Å². The third-order valence-electron chi connectivity index (χ3n) is 4.52. The Morgan fingerprint density at radius 3 is 2.52 bits per heavy atom. The maximum absolute atomic E-state index is 13.0. The Bertz CT molecular complexity index is 540. The Morgan fingerprint density at radius 2 is 2.00 bits per heavy atom. The van der Waals surface area contributed by atoms with Crippen molar-refractivity contribution in [2.75, 3.05) is 6.54 Å². The van der Waals surface area contributed by atoms with Gasteiger partial charge in [-0.2, -0.15) is 0 Å². The number of hydrogen-bond acceptors (Lipinski definition) is 2. The molecule has 1 aromatic rings. The van der Waals surface area contributed by atoms with Gasteiger partial charge in [-0.15, -0.1) is 0 Å². The van der Waals surface area contributed by atoms with Crippen LogP contribution in [-0.2, 0) is 15.0 Å². The summed E-state index contributed by atoms with van der Waals surface area (Å²) in [5.41, 5.74) is 0.408. The first-order valence-corrected chi connectivity index (χ1v) is 7.85. The minimum Gasteiger partial charge on any atom is -0.332 e. The molecule has 3 nitrogen and oxygen atoms in total. The number of carbonyl (C=O) groups excluding carboxylic acids is 2. The first kappa shape index (κ1) is 16.0. The molecule has 0 spiro atoms. The zero-order chi connectivity index (χ0) is 15.6. The molecule has 2 atom stereocenters. The van der Waals surface area contributed by atoms with Gasteiger partial charge < -0.3 is 4.90 Å². The van der Waals surface area contributed by atoms with Gasteiger partial charge in [0.25, 0.3) is 0 Å². The van der Waals surface area contributed by atoms with Crippen LogP contribution < -0.4 is 0 Å². The van der Waals surface area contributed by atoms with Crippen LogP contribution in [0.25, 0.3) is 0 Å². The molecular formula is C17H22ClNO2. The summed E-state index contributed by atoms with van der Waals surface area (Å²) >= 11 is 5.94. The minimum absolute atomic E-state index is 0.0538. The lowest BCUT2D eigenvalue weighted by Gasteiger charge is -2.42. The van der Waals surface area contributed by atoms with E-state index in [9.17, 15) is 9.59 Å². The molecule has 2 rings (SSSR count). The lowest BCUT2D eigenvalue weighted by Crippen LogP contribution is -2.55. The maximum Gasteiger partial charge on any atom is 0.233 e. The summed E-state index contributed by atoms with van der Waals surface area (Å²) in [6, 6.07) is 7.16. The summed E-state index contributed by atoms with van der Waals surface area (Å²) < 4.78 is 0. The quantitative estimate of drug-likeness (QED) is 0.852. The Balaban J connectivity index is 2.34. The zero-order valence-electron chi connectivity index (χ0n) is 12.9. The van der Waals surface area contributed by atoms with Crippen molar-refractivity contribution in [3.8, 4) is 0 Å². The lowest BCUT2D eigenvalue weighted by molar-refractivity contribution is -0.146. The molecule has 0 N–H and O–H groups in total. The van der Waals surface area contributed by atoms with Crippen molar-refractivity contribution < 1.29 is 9.59 Å². The SMILES string of the molecule is CC[C@@H](C(C)=O)N1CCCC(C)(c2ccc(Cl)cc2)C1=O. The molecule has 0 aliphatic carbocycles. The topological polar surface area (TPSA) is 37.4 Å². The fraction of sp³-hybridized carbons (Fsp3) is 0.529. The van der Waals surface area contributed by atoms with E-state index in [2.05, 4.69) is 0 Å². The average Bonchev–Trinajstić information content (AvgIpc) is 2.44. The van der Waals surface area contributed by atoms with Crippen LogP contribution in [-0.4, -0.2) is 29.2 Å². The largest absolute Gasteiger partial charge is 0.332 e. The third kappa shape index (κ3) is 2.98. The van der Waals surface area contributed by atoms with Crippen molar-refractivity contribution in [3.63, 3.8) is 0 Å². The normalized spacial score (nSPS) is 24.0. The van der Waals surface area contributed by atoms with Gasteiger partial charge in [0.2, 0.25) is 5.91 Å². The van der Waals surface area contributed by atoms with Crippen molar-refractivity contribution in [2.45, 2.75) is 51.5 Å². The van der Waals surface area contributed by atoms with E-state index in [1.54, 1.807) is 11.8 Å². The van der Waals surface area contributed by atoms with Gasteiger partial charge in [-0.25, -0.2) is 0 Å². The Morgan fingerprint density at radius 1 is 1.38 bits per heavy atom. The summed E-state index contributed by atoms with van der Waals surface area (Å²) in [6.07, 6.45) is 2.38. The Labute approximate surface area is 131 Å². The lowest BCUT2D eigenvalue weighted by atomic mass is 9.74. The number of halogens is 1. The highest BCUT2D eigenvalue weighted by Gasteiger charge is 2.43. The molecule has 0 bridgehead atoms. The summed E-state index contributed by atoms with van der Waals surface area (Å²) in [6.45, 7) is 6.15. The van der Waals surface area contributed by atoms with Crippen molar-refractivity contribution >= 4 is 23.3 Å². The van der Waals surface area contributed by atoms with E-state index >= 15 is 0 Å². The van der Waals surface area contributed by atoms with Crippen LogP contribution in [0.5, 0.6) is 0 Å². The highest BCUT2D eigenvalue weighted by Crippen LogP contribution is 2.36. The van der Waals surface area contributed by atoms with Gasteiger partial charge in [-0.3, -0.25) is 9.59 Å². The van der Waals surface area contributed by atoms with Crippen molar-refractivity contribution in [3.05, 3.63) is 34.9 Å². The molecule has 4 heteroatoms. The number of Topliss-reactive ketones (excluding diaryl/α,β-unsaturated/α-hetero) is 1. The first-order chi connectivity index (χ1) is 9.90. The maximum atomic E-state index is 13.0. The second-order valence-electron chi connectivity index (χ2n) is 5.98. The van der Waals surface area contributed by atoms with E-state index in [-0.39, 0.29) is 17.7 Å². The van der Waals surface area contributed by atoms with Gasteiger partial charge in [0, 0.05) is 11.6 Å². The third-order valence-corrected chi connectivity index (χ3v) is 4.77. The fourth-order valence-corrected chi connectivity index (χ4v) is 3.36. The molecule has 0 radical (unpaired) electrons. The van der Waals surface area contributed by atoms with Crippen LogP contribution in [0, 0.1) is 0 Å². The smallest absolute Gasteiger partial charge is 0.233 e. The minimum atomic E-state index is -0.564. The van der Waals surface area contributed by atoms with Crippen molar-refractivity contribution in [2.24, 2.45) is 0 Å². The summed E-state index contributed by atoms with van der Waals surface area (Å²) in [5.74, 6) is 0.115. The Hall–Kier alpha value is -1.35. The highest BCUT2D eigenvalue weighted by atomic mass is 35.5. The predicted octanol–water partition coefficient (Wildman–Crippen LogP) is 3.59. The summed E-state index contributed by atoms with van der Waals surface area (Å²) in [4.78, 5) is 26.5. The number of carbonyl (C=O) groups is 2. The van der Waals surface area contributed by atoms with Gasteiger partial charge in [0.15, 0.2) is 5.78 Å². The van der Waals surface area contributed by atoms with Crippen LogP contribution in [0.4, 0.5) is 0 Å². The van der Waals surface area contributed by atoms with Gasteiger partial charge in [0.05, 0.1) is 11.5 Å². The van der Waals surface area contributed by atoms with E-state index in [1.807, 2.05) is 38.1 Å². The molecule has 21 heavy (non-hydrogen) atoms. The van der Waals surface area contributed by atoms with Gasteiger partial charge in [-0.1, -0.05) is 30.7 Å². The van der Waals surface area contributed by atoms with Crippen molar-refractivity contribution in [1.82, 2.24) is 4.90 Å². The molecular weight excluding hydrogens is 286 g/mol. The van der Waals surface area contributed by atoms with Crippen LogP contribution in [0.15, 0.2) is 24.3 Å². The van der Waals surface area contributed by atoms with E-state index in [4.69, 9.17) is 11.6 Å². The molecule has 1 aliphatic heterocycles. The number of hydrogen-bond donors (Lipinski definition) is 0.